The van der Waals surface area contributed by atoms with Crippen LogP contribution in [0.15, 0.2) is 65.1 Å². The average Bonchev–Trinajstić information content (AvgIpc) is 3.25. The number of furan rings is 1. The number of aryl methyl sites for hydroxylation is 1. The first-order valence-electron chi connectivity index (χ1n) is 9.32. The van der Waals surface area contributed by atoms with Crippen molar-refractivity contribution in [2.75, 3.05) is 0 Å². The molecular weight excluding hydrogens is 329 g/mol. The lowest BCUT2D eigenvalue weighted by molar-refractivity contribution is 0.653. The summed E-state index contributed by atoms with van der Waals surface area (Å²) in [4.78, 5) is 3.68. The molecule has 2 aromatic heterocycles. The molecule has 0 saturated carbocycles. The minimum atomic E-state index is 0.522. The first kappa shape index (κ1) is 14.9. The van der Waals surface area contributed by atoms with E-state index in [4.69, 9.17) is 12.3 Å². The number of nitrogens with one attached hydrogen (secondary N) is 1. The number of aromatic amines is 1. The van der Waals surface area contributed by atoms with Crippen molar-refractivity contribution >= 4 is 67.8 Å². The molecule has 0 fully saturated rings. The Hall–Kier alpha value is -3.20. The minimum absolute atomic E-state index is 0.522. The lowest BCUT2D eigenvalue weighted by atomic mass is 9.93. The van der Waals surface area contributed by atoms with Crippen molar-refractivity contribution in [2.24, 2.45) is 0 Å². The van der Waals surface area contributed by atoms with Crippen molar-refractivity contribution in [3.05, 3.63) is 66.2 Å². The predicted octanol–water partition coefficient (Wildman–Crippen LogP) is 5.73. The lowest BCUT2D eigenvalue weighted by Crippen LogP contribution is -2.03. The molecule has 2 nitrogen and oxygen atoms in total. The Bertz CT molecular complexity index is 1520. The molecule has 0 bridgehead atoms. The van der Waals surface area contributed by atoms with Gasteiger partial charge in [0.25, 0.3) is 0 Å². The van der Waals surface area contributed by atoms with E-state index in [-0.39, 0.29) is 0 Å². The maximum atomic E-state index is 6.25. The SMILES string of the molecule is [B]c1oc2c3ccccc3c3c([nH]c4ccc5ccccc5c43)c2c1CC. The van der Waals surface area contributed by atoms with Crippen molar-refractivity contribution in [2.45, 2.75) is 13.3 Å². The van der Waals surface area contributed by atoms with Gasteiger partial charge in [-0.15, -0.1) is 0 Å². The fourth-order valence-corrected chi connectivity index (χ4v) is 4.61. The molecule has 6 rings (SSSR count). The summed E-state index contributed by atoms with van der Waals surface area (Å²) in [7, 11) is 6.25. The molecule has 2 radical (unpaired) electrons. The van der Waals surface area contributed by atoms with Crippen LogP contribution in [-0.2, 0) is 6.42 Å². The van der Waals surface area contributed by atoms with Gasteiger partial charge >= 0.3 is 0 Å². The molecule has 3 heteroatoms. The molecule has 126 valence electrons. The van der Waals surface area contributed by atoms with E-state index in [9.17, 15) is 0 Å². The standard InChI is InChI=1S/C24H16BNO/c1-2-14-21-22-20(16-9-5-6-10-17(16)23(21)27-24(14)25)19-15-8-4-3-7-13(15)11-12-18(19)26-22/h3-12,26H,2H2,1H3. The number of fused-ring (bicyclic) bond motifs is 10. The third-order valence-corrected chi connectivity index (χ3v) is 5.77. The summed E-state index contributed by atoms with van der Waals surface area (Å²) in [6, 6.07) is 21.4. The molecule has 0 atom stereocenters. The molecule has 0 aliphatic carbocycles. The van der Waals surface area contributed by atoms with Crippen LogP contribution in [0.4, 0.5) is 0 Å². The van der Waals surface area contributed by atoms with Gasteiger partial charge in [0.15, 0.2) is 7.85 Å². The van der Waals surface area contributed by atoms with Gasteiger partial charge in [-0.2, -0.15) is 0 Å². The van der Waals surface area contributed by atoms with Gasteiger partial charge in [0.2, 0.25) is 0 Å². The molecule has 0 aliphatic rings. The smallest absolute Gasteiger partial charge is 0.168 e. The predicted molar refractivity (Wildman–Crippen MR) is 115 cm³/mol. The van der Waals surface area contributed by atoms with Gasteiger partial charge in [0.1, 0.15) is 5.58 Å². The molecule has 0 amide bonds. The van der Waals surface area contributed by atoms with Gasteiger partial charge in [0.05, 0.1) is 11.2 Å². The highest BCUT2D eigenvalue weighted by molar-refractivity contribution is 6.38. The summed E-state index contributed by atoms with van der Waals surface area (Å²) in [6.07, 6.45) is 0.836. The Kier molecular flexibility index (Phi) is 2.86. The number of hydrogen-bond donors (Lipinski definition) is 1. The van der Waals surface area contributed by atoms with E-state index in [1.165, 1.54) is 26.9 Å². The summed E-state index contributed by atoms with van der Waals surface area (Å²) in [5.41, 5.74) is 4.74. The quantitative estimate of drug-likeness (QED) is 0.379. The van der Waals surface area contributed by atoms with Crippen LogP contribution in [0.2, 0.25) is 0 Å². The van der Waals surface area contributed by atoms with Gasteiger partial charge in [-0.25, -0.2) is 0 Å². The van der Waals surface area contributed by atoms with E-state index in [0.29, 0.717) is 5.66 Å². The van der Waals surface area contributed by atoms with Gasteiger partial charge in [-0.3, -0.25) is 0 Å². The molecule has 27 heavy (non-hydrogen) atoms. The van der Waals surface area contributed by atoms with Crippen molar-refractivity contribution < 1.29 is 4.42 Å². The lowest BCUT2D eigenvalue weighted by Gasteiger charge is -2.05. The molecular formula is C24H16BNO. The zero-order valence-corrected chi connectivity index (χ0v) is 15.0. The van der Waals surface area contributed by atoms with E-state index in [1.807, 2.05) is 0 Å². The third-order valence-electron chi connectivity index (χ3n) is 5.77. The first-order valence-corrected chi connectivity index (χ1v) is 9.32. The Morgan fingerprint density at radius 2 is 1.56 bits per heavy atom. The van der Waals surface area contributed by atoms with E-state index >= 15 is 0 Å². The largest absolute Gasteiger partial charge is 0.472 e. The van der Waals surface area contributed by atoms with Crippen LogP contribution >= 0.6 is 0 Å². The van der Waals surface area contributed by atoms with Crippen LogP contribution < -0.4 is 5.66 Å². The third kappa shape index (κ3) is 1.81. The van der Waals surface area contributed by atoms with Gasteiger partial charge < -0.3 is 9.40 Å². The number of benzene rings is 4. The maximum absolute atomic E-state index is 6.25. The zero-order chi connectivity index (χ0) is 18.1. The fourth-order valence-electron chi connectivity index (χ4n) is 4.61. The second-order valence-corrected chi connectivity index (χ2v) is 7.13. The summed E-state index contributed by atoms with van der Waals surface area (Å²) < 4.78 is 6.05. The number of rotatable bonds is 1. The summed E-state index contributed by atoms with van der Waals surface area (Å²) >= 11 is 0. The van der Waals surface area contributed by atoms with Crippen LogP contribution in [0.25, 0.3) is 54.3 Å². The number of aromatic nitrogens is 1. The number of hydrogen-bond acceptors (Lipinski definition) is 1. The van der Waals surface area contributed by atoms with Gasteiger partial charge in [-0.05, 0) is 34.2 Å². The fraction of sp³-hybridized carbons (Fsp3) is 0.0833. The van der Waals surface area contributed by atoms with Crippen LogP contribution in [0.3, 0.4) is 0 Å². The first-order chi connectivity index (χ1) is 13.3. The summed E-state index contributed by atoms with van der Waals surface area (Å²) in [5.74, 6) is 0. The Balaban J connectivity index is 2.04. The second kappa shape index (κ2) is 5.17. The van der Waals surface area contributed by atoms with Crippen LogP contribution in [-0.4, -0.2) is 12.8 Å². The van der Waals surface area contributed by atoms with Gasteiger partial charge in [-0.1, -0.05) is 61.5 Å². The van der Waals surface area contributed by atoms with E-state index in [0.717, 1.165) is 39.4 Å². The van der Waals surface area contributed by atoms with Crippen molar-refractivity contribution in [1.82, 2.24) is 4.98 Å². The number of H-pyrrole nitrogens is 1. The second-order valence-electron chi connectivity index (χ2n) is 7.13. The summed E-state index contributed by atoms with van der Waals surface area (Å²) in [6.45, 7) is 2.12. The van der Waals surface area contributed by atoms with Crippen LogP contribution in [0.5, 0.6) is 0 Å². The Labute approximate surface area is 157 Å². The molecule has 6 aromatic rings. The highest BCUT2D eigenvalue weighted by atomic mass is 16.3. The minimum Gasteiger partial charge on any atom is -0.472 e. The molecule has 2 heterocycles. The van der Waals surface area contributed by atoms with Crippen molar-refractivity contribution in [3.63, 3.8) is 0 Å². The van der Waals surface area contributed by atoms with E-state index in [1.54, 1.807) is 0 Å². The molecule has 0 saturated heterocycles. The molecule has 4 aromatic carbocycles. The van der Waals surface area contributed by atoms with Crippen molar-refractivity contribution in [1.29, 1.82) is 0 Å². The molecule has 1 N–H and O–H groups in total. The summed E-state index contributed by atoms with van der Waals surface area (Å²) in [5, 5.41) is 8.45. The van der Waals surface area contributed by atoms with Gasteiger partial charge in [0, 0.05) is 27.1 Å². The monoisotopic (exact) mass is 345 g/mol. The Morgan fingerprint density at radius 1 is 0.815 bits per heavy atom. The maximum Gasteiger partial charge on any atom is 0.168 e. The van der Waals surface area contributed by atoms with Crippen LogP contribution in [0, 0.1) is 0 Å². The normalized spacial score (nSPS) is 12.2. The van der Waals surface area contributed by atoms with E-state index in [2.05, 4.69) is 72.6 Å². The highest BCUT2D eigenvalue weighted by Crippen LogP contribution is 2.42. The topological polar surface area (TPSA) is 28.9 Å². The highest BCUT2D eigenvalue weighted by Gasteiger charge is 2.20. The zero-order valence-electron chi connectivity index (χ0n) is 15.0. The Morgan fingerprint density at radius 3 is 2.37 bits per heavy atom. The van der Waals surface area contributed by atoms with Crippen molar-refractivity contribution in [3.8, 4) is 0 Å². The molecule has 0 spiro atoms. The molecule has 0 aliphatic heterocycles. The average molecular weight is 345 g/mol. The van der Waals surface area contributed by atoms with E-state index < -0.39 is 0 Å². The van der Waals surface area contributed by atoms with Crippen LogP contribution in [0.1, 0.15) is 12.5 Å². The molecule has 0 unspecified atom stereocenters.